The number of nitrogens with one attached hydrogen (secondary N) is 1. The average Bonchev–Trinajstić information content (AvgIpc) is 2.28. The summed E-state index contributed by atoms with van der Waals surface area (Å²) >= 11 is 0. The number of nitrogens with zero attached hydrogens (tertiary/aromatic N) is 1. The van der Waals surface area contributed by atoms with Gasteiger partial charge in [-0.05, 0) is 13.8 Å². The molecule has 1 rings (SSSR count). The first kappa shape index (κ1) is 8.23. The fourth-order valence-corrected chi connectivity index (χ4v) is 0.749. The van der Waals surface area contributed by atoms with Gasteiger partial charge in [0.1, 0.15) is 5.76 Å². The largest absolute Gasteiger partial charge is 0.444 e. The Balaban J connectivity index is 2.58. The van der Waals surface area contributed by atoms with Crippen LogP contribution in [0.25, 0.3) is 0 Å². The lowest BCUT2D eigenvalue weighted by Gasteiger charge is -1.94. The molecule has 0 aromatic carbocycles. The van der Waals surface area contributed by atoms with Crippen molar-refractivity contribution in [3.05, 3.63) is 17.3 Å². The molecule has 4 heteroatoms. The van der Waals surface area contributed by atoms with Gasteiger partial charge in [-0.15, -0.1) is 0 Å². The van der Waals surface area contributed by atoms with Gasteiger partial charge in [0.25, 0.3) is 0 Å². The van der Waals surface area contributed by atoms with Gasteiger partial charge in [0.15, 0.2) is 0 Å². The van der Waals surface area contributed by atoms with Gasteiger partial charge < -0.3 is 9.25 Å². The molecule has 0 saturated carbocycles. The number of aryl methyl sites for hydroxylation is 2. The van der Waals surface area contributed by atoms with Gasteiger partial charge in [-0.2, -0.15) is 5.48 Å². The third kappa shape index (κ3) is 2.03. The third-order valence-corrected chi connectivity index (χ3v) is 1.44. The number of hydroxylamine groups is 1. The van der Waals surface area contributed by atoms with E-state index >= 15 is 0 Å². The lowest BCUT2D eigenvalue weighted by atomic mass is 10.4. The standard InChI is InChI=1S/C7H12N2O2/c1-5-6(2)11-7(9-5)4-8-10-3/h8H,4H2,1-3H3. The minimum absolute atomic E-state index is 0.505. The van der Waals surface area contributed by atoms with Crippen LogP contribution in [0.15, 0.2) is 4.42 Å². The predicted octanol–water partition coefficient (Wildman–Crippen LogP) is 0.942. The maximum absolute atomic E-state index is 5.26. The Kier molecular flexibility index (Phi) is 2.62. The summed E-state index contributed by atoms with van der Waals surface area (Å²) in [5.41, 5.74) is 3.58. The van der Waals surface area contributed by atoms with Crippen molar-refractivity contribution in [2.24, 2.45) is 0 Å². The van der Waals surface area contributed by atoms with Crippen LogP contribution in [0.4, 0.5) is 0 Å². The quantitative estimate of drug-likeness (QED) is 0.662. The Bertz CT molecular complexity index is 213. The molecule has 0 amide bonds. The summed E-state index contributed by atoms with van der Waals surface area (Å²) in [6.07, 6.45) is 0. The number of hydrogen-bond donors (Lipinski definition) is 1. The molecule has 1 aromatic rings. The number of hydrogen-bond acceptors (Lipinski definition) is 4. The topological polar surface area (TPSA) is 47.3 Å². The molecule has 0 saturated heterocycles. The van der Waals surface area contributed by atoms with Crippen LogP contribution < -0.4 is 5.48 Å². The van der Waals surface area contributed by atoms with Crippen molar-refractivity contribution < 1.29 is 9.25 Å². The molecule has 0 aliphatic rings. The molecule has 0 atom stereocenters. The molecule has 1 N–H and O–H groups in total. The van der Waals surface area contributed by atoms with E-state index in [0.717, 1.165) is 11.5 Å². The molecule has 1 aromatic heterocycles. The molecule has 0 aliphatic heterocycles. The van der Waals surface area contributed by atoms with Gasteiger partial charge in [-0.25, -0.2) is 4.98 Å². The molecule has 11 heavy (non-hydrogen) atoms. The molecule has 0 fully saturated rings. The number of oxazole rings is 1. The zero-order chi connectivity index (χ0) is 8.27. The zero-order valence-corrected chi connectivity index (χ0v) is 6.97. The van der Waals surface area contributed by atoms with Crippen LogP contribution in [0.5, 0.6) is 0 Å². The van der Waals surface area contributed by atoms with E-state index in [1.165, 1.54) is 0 Å². The van der Waals surface area contributed by atoms with E-state index in [9.17, 15) is 0 Å². The van der Waals surface area contributed by atoms with E-state index in [2.05, 4.69) is 15.3 Å². The van der Waals surface area contributed by atoms with Crippen molar-refractivity contribution in [2.75, 3.05) is 7.11 Å². The molecule has 0 spiro atoms. The fourth-order valence-electron chi connectivity index (χ4n) is 0.749. The first-order valence-electron chi connectivity index (χ1n) is 3.42. The van der Waals surface area contributed by atoms with E-state index in [-0.39, 0.29) is 0 Å². The van der Waals surface area contributed by atoms with Crippen LogP contribution in [-0.2, 0) is 11.4 Å². The van der Waals surface area contributed by atoms with Crippen molar-refractivity contribution in [2.45, 2.75) is 20.4 Å². The zero-order valence-electron chi connectivity index (χ0n) is 6.97. The Morgan fingerprint density at radius 2 is 2.27 bits per heavy atom. The van der Waals surface area contributed by atoms with Crippen LogP contribution in [0.3, 0.4) is 0 Å². The van der Waals surface area contributed by atoms with E-state index < -0.39 is 0 Å². The average molecular weight is 156 g/mol. The Labute approximate surface area is 65.5 Å². The summed E-state index contributed by atoms with van der Waals surface area (Å²) < 4.78 is 5.26. The van der Waals surface area contributed by atoms with Crippen molar-refractivity contribution in [1.82, 2.24) is 10.5 Å². The molecular weight excluding hydrogens is 144 g/mol. The molecule has 1 heterocycles. The second-order valence-corrected chi connectivity index (χ2v) is 2.27. The summed E-state index contributed by atoms with van der Waals surface area (Å²) in [5, 5.41) is 0. The summed E-state index contributed by atoms with van der Waals surface area (Å²) in [4.78, 5) is 8.78. The summed E-state index contributed by atoms with van der Waals surface area (Å²) in [6.45, 7) is 4.30. The highest BCUT2D eigenvalue weighted by Crippen LogP contribution is 2.07. The molecule has 0 unspecified atom stereocenters. The molecule has 4 nitrogen and oxygen atoms in total. The first-order valence-corrected chi connectivity index (χ1v) is 3.42. The Hall–Kier alpha value is -0.870. The molecule has 62 valence electrons. The van der Waals surface area contributed by atoms with Crippen LogP contribution in [0.1, 0.15) is 17.3 Å². The van der Waals surface area contributed by atoms with Gasteiger partial charge in [0, 0.05) is 0 Å². The second-order valence-electron chi connectivity index (χ2n) is 2.27. The lowest BCUT2D eigenvalue weighted by molar-refractivity contribution is 0.0804. The van der Waals surface area contributed by atoms with Crippen molar-refractivity contribution in [3.8, 4) is 0 Å². The minimum atomic E-state index is 0.505. The van der Waals surface area contributed by atoms with Crippen LogP contribution in [0, 0.1) is 13.8 Å². The number of aromatic nitrogens is 1. The lowest BCUT2D eigenvalue weighted by Crippen LogP contribution is -2.10. The molecular formula is C7H12N2O2. The summed E-state index contributed by atoms with van der Waals surface area (Å²) in [6, 6.07) is 0. The van der Waals surface area contributed by atoms with E-state index in [1.807, 2.05) is 13.8 Å². The summed E-state index contributed by atoms with van der Waals surface area (Å²) in [7, 11) is 1.56. The van der Waals surface area contributed by atoms with E-state index in [1.54, 1.807) is 7.11 Å². The van der Waals surface area contributed by atoms with Gasteiger partial charge >= 0.3 is 0 Å². The maximum atomic E-state index is 5.26. The van der Waals surface area contributed by atoms with Gasteiger partial charge in [-0.1, -0.05) is 0 Å². The monoisotopic (exact) mass is 156 g/mol. The normalized spacial score (nSPS) is 10.5. The smallest absolute Gasteiger partial charge is 0.210 e. The SMILES string of the molecule is CONCc1nc(C)c(C)o1. The van der Waals surface area contributed by atoms with Crippen molar-refractivity contribution in [3.63, 3.8) is 0 Å². The minimum Gasteiger partial charge on any atom is -0.444 e. The number of rotatable bonds is 3. The van der Waals surface area contributed by atoms with E-state index in [4.69, 9.17) is 4.42 Å². The third-order valence-electron chi connectivity index (χ3n) is 1.44. The molecule has 0 bridgehead atoms. The van der Waals surface area contributed by atoms with Gasteiger partial charge in [-0.3, -0.25) is 0 Å². The van der Waals surface area contributed by atoms with Gasteiger partial charge in [0.05, 0.1) is 19.3 Å². The first-order chi connectivity index (χ1) is 5.24. The van der Waals surface area contributed by atoms with Crippen LogP contribution in [0.2, 0.25) is 0 Å². The summed E-state index contributed by atoms with van der Waals surface area (Å²) in [5.74, 6) is 1.51. The van der Waals surface area contributed by atoms with Crippen molar-refractivity contribution in [1.29, 1.82) is 0 Å². The highest BCUT2D eigenvalue weighted by Gasteiger charge is 2.03. The Morgan fingerprint density at radius 3 is 2.73 bits per heavy atom. The molecule has 0 radical (unpaired) electrons. The van der Waals surface area contributed by atoms with Crippen LogP contribution in [-0.4, -0.2) is 12.1 Å². The van der Waals surface area contributed by atoms with Gasteiger partial charge in [0.2, 0.25) is 5.89 Å². The molecule has 0 aliphatic carbocycles. The maximum Gasteiger partial charge on any atom is 0.210 e. The highest BCUT2D eigenvalue weighted by molar-refractivity contribution is 5.04. The second kappa shape index (κ2) is 3.50. The van der Waals surface area contributed by atoms with E-state index in [0.29, 0.717) is 12.4 Å². The van der Waals surface area contributed by atoms with Crippen molar-refractivity contribution >= 4 is 0 Å². The predicted molar refractivity (Wildman–Crippen MR) is 39.8 cm³/mol. The fraction of sp³-hybridized carbons (Fsp3) is 0.571. The Morgan fingerprint density at radius 1 is 1.55 bits per heavy atom. The van der Waals surface area contributed by atoms with Crippen LogP contribution >= 0.6 is 0 Å². The highest BCUT2D eigenvalue weighted by atomic mass is 16.6.